The van der Waals surface area contributed by atoms with E-state index in [9.17, 15) is 4.39 Å². The first kappa shape index (κ1) is 20.0. The molecule has 156 valence electrons. The molecule has 1 atom stereocenters. The molecule has 0 spiro atoms. The van der Waals surface area contributed by atoms with E-state index in [1.54, 1.807) is 16.6 Å². The second-order valence-electron chi connectivity index (χ2n) is 7.86. The zero-order valence-corrected chi connectivity index (χ0v) is 17.6. The predicted molar refractivity (Wildman–Crippen MR) is 115 cm³/mol. The van der Waals surface area contributed by atoms with Crippen LogP contribution in [0.5, 0.6) is 0 Å². The smallest absolute Gasteiger partial charge is 0.173 e. The Hall–Kier alpha value is -3.26. The van der Waals surface area contributed by atoms with Gasteiger partial charge in [-0.3, -0.25) is 4.68 Å². The maximum atomic E-state index is 13.5. The van der Waals surface area contributed by atoms with E-state index >= 15 is 0 Å². The van der Waals surface area contributed by atoms with Crippen molar-refractivity contribution < 1.29 is 4.39 Å². The summed E-state index contributed by atoms with van der Waals surface area (Å²) in [4.78, 5) is 4.84. The van der Waals surface area contributed by atoms with Gasteiger partial charge in [0.25, 0.3) is 0 Å². The average Bonchev–Trinajstić information content (AvgIpc) is 3.29. The summed E-state index contributed by atoms with van der Waals surface area (Å²) in [6.45, 7) is 7.05. The van der Waals surface area contributed by atoms with Crippen LogP contribution in [0.2, 0.25) is 0 Å². The van der Waals surface area contributed by atoms with Crippen LogP contribution in [0.25, 0.3) is 5.52 Å². The summed E-state index contributed by atoms with van der Waals surface area (Å²) in [7, 11) is 1.90. The number of hydrogen-bond acceptors (Lipinski definition) is 5. The zero-order valence-electron chi connectivity index (χ0n) is 17.6. The van der Waals surface area contributed by atoms with E-state index in [2.05, 4.69) is 29.6 Å². The highest BCUT2D eigenvalue weighted by Gasteiger charge is 2.20. The standard InChI is InChI=1S/C22H26FN7/c1-14(2)13-24-20(16-7-9-17(23)10-8-16)22-26-21(18-6-5-11-30(18)28-22)25-19-12-15(3)29(4)27-19/h5-12,14,20,24H,13H2,1-4H3,(H,25,26,27,28). The summed E-state index contributed by atoms with van der Waals surface area (Å²) in [5.74, 6) is 2.16. The van der Waals surface area contributed by atoms with Gasteiger partial charge >= 0.3 is 0 Å². The first-order chi connectivity index (χ1) is 14.4. The molecule has 0 saturated heterocycles. The van der Waals surface area contributed by atoms with Crippen LogP contribution < -0.4 is 10.6 Å². The van der Waals surface area contributed by atoms with Crippen molar-refractivity contribution in [3.8, 4) is 0 Å². The van der Waals surface area contributed by atoms with Gasteiger partial charge < -0.3 is 10.6 Å². The molecule has 0 saturated carbocycles. The van der Waals surface area contributed by atoms with Crippen molar-refractivity contribution in [3.63, 3.8) is 0 Å². The van der Waals surface area contributed by atoms with Crippen LogP contribution in [0.1, 0.15) is 37.0 Å². The SMILES string of the molecule is Cc1cc(Nc2nc(C(NCC(C)C)c3ccc(F)cc3)nn3cccc23)nn1C. The third-order valence-corrected chi connectivity index (χ3v) is 4.96. The molecular weight excluding hydrogens is 381 g/mol. The van der Waals surface area contributed by atoms with E-state index in [1.165, 1.54) is 12.1 Å². The average molecular weight is 407 g/mol. The Morgan fingerprint density at radius 3 is 2.53 bits per heavy atom. The third-order valence-electron chi connectivity index (χ3n) is 4.96. The highest BCUT2D eigenvalue weighted by atomic mass is 19.1. The fourth-order valence-electron chi connectivity index (χ4n) is 3.28. The molecule has 0 aliphatic rings. The summed E-state index contributed by atoms with van der Waals surface area (Å²) in [6, 6.07) is 12.0. The molecule has 0 aliphatic heterocycles. The predicted octanol–water partition coefficient (Wildman–Crippen LogP) is 3.99. The van der Waals surface area contributed by atoms with E-state index in [4.69, 9.17) is 10.1 Å². The Labute approximate surface area is 174 Å². The number of fused-ring (bicyclic) bond motifs is 1. The highest BCUT2D eigenvalue weighted by Crippen LogP contribution is 2.25. The molecule has 0 amide bonds. The van der Waals surface area contributed by atoms with Gasteiger partial charge in [0.15, 0.2) is 17.5 Å². The Balaban J connectivity index is 1.77. The Bertz CT molecular complexity index is 1120. The van der Waals surface area contributed by atoms with Gasteiger partial charge in [0, 0.05) is 25.0 Å². The molecule has 7 nitrogen and oxygen atoms in total. The second-order valence-corrected chi connectivity index (χ2v) is 7.86. The summed E-state index contributed by atoms with van der Waals surface area (Å²) in [5.41, 5.74) is 2.80. The number of aromatic nitrogens is 5. The topological polar surface area (TPSA) is 72.1 Å². The van der Waals surface area contributed by atoms with Crippen LogP contribution >= 0.6 is 0 Å². The van der Waals surface area contributed by atoms with E-state index in [1.807, 2.05) is 43.0 Å². The molecule has 2 N–H and O–H groups in total. The van der Waals surface area contributed by atoms with Crippen molar-refractivity contribution in [2.24, 2.45) is 13.0 Å². The largest absolute Gasteiger partial charge is 0.322 e. The number of nitrogens with zero attached hydrogens (tertiary/aromatic N) is 5. The number of halogens is 1. The molecule has 4 rings (SSSR count). The Kier molecular flexibility index (Phi) is 5.50. The highest BCUT2D eigenvalue weighted by molar-refractivity contribution is 5.72. The summed E-state index contributed by atoms with van der Waals surface area (Å²) < 4.78 is 17.1. The van der Waals surface area contributed by atoms with Crippen LogP contribution in [0.3, 0.4) is 0 Å². The number of anilines is 2. The number of hydrogen-bond donors (Lipinski definition) is 2. The first-order valence-electron chi connectivity index (χ1n) is 10.0. The molecule has 30 heavy (non-hydrogen) atoms. The number of nitrogens with one attached hydrogen (secondary N) is 2. The molecule has 0 bridgehead atoms. The van der Waals surface area contributed by atoms with Gasteiger partial charge in [-0.1, -0.05) is 26.0 Å². The monoisotopic (exact) mass is 407 g/mol. The van der Waals surface area contributed by atoms with Crippen molar-refractivity contribution in [1.82, 2.24) is 29.7 Å². The molecule has 3 aromatic heterocycles. The van der Waals surface area contributed by atoms with Gasteiger partial charge in [-0.15, -0.1) is 0 Å². The van der Waals surface area contributed by atoms with Crippen LogP contribution in [0.4, 0.5) is 16.0 Å². The minimum Gasteiger partial charge on any atom is -0.322 e. The molecule has 3 heterocycles. The molecular formula is C22H26FN7. The van der Waals surface area contributed by atoms with Crippen molar-refractivity contribution in [3.05, 3.63) is 71.6 Å². The van der Waals surface area contributed by atoms with Crippen molar-refractivity contribution in [2.75, 3.05) is 11.9 Å². The van der Waals surface area contributed by atoms with E-state index < -0.39 is 0 Å². The summed E-state index contributed by atoms with van der Waals surface area (Å²) >= 11 is 0. The second kappa shape index (κ2) is 8.23. The molecule has 1 aromatic carbocycles. The Morgan fingerprint density at radius 2 is 1.87 bits per heavy atom. The van der Waals surface area contributed by atoms with E-state index in [-0.39, 0.29) is 11.9 Å². The van der Waals surface area contributed by atoms with Crippen LogP contribution in [0.15, 0.2) is 48.7 Å². The summed E-state index contributed by atoms with van der Waals surface area (Å²) in [6.07, 6.45) is 1.89. The van der Waals surface area contributed by atoms with Gasteiger partial charge in [-0.25, -0.2) is 13.9 Å². The van der Waals surface area contributed by atoms with Gasteiger partial charge in [-0.2, -0.15) is 10.2 Å². The van der Waals surface area contributed by atoms with Crippen LogP contribution in [-0.2, 0) is 7.05 Å². The first-order valence-corrected chi connectivity index (χ1v) is 10.0. The maximum Gasteiger partial charge on any atom is 0.173 e. The number of benzene rings is 1. The molecule has 1 unspecified atom stereocenters. The van der Waals surface area contributed by atoms with E-state index in [0.717, 1.165) is 29.1 Å². The normalized spacial score (nSPS) is 12.6. The minimum atomic E-state index is -0.272. The summed E-state index contributed by atoms with van der Waals surface area (Å²) in [5, 5.41) is 16.0. The molecule has 0 fully saturated rings. The number of rotatable bonds is 7. The quantitative estimate of drug-likeness (QED) is 0.485. The van der Waals surface area contributed by atoms with Crippen molar-refractivity contribution >= 4 is 17.2 Å². The number of aryl methyl sites for hydroxylation is 2. The fraction of sp³-hybridized carbons (Fsp3) is 0.318. The zero-order chi connectivity index (χ0) is 21.3. The van der Waals surface area contributed by atoms with Crippen molar-refractivity contribution in [2.45, 2.75) is 26.8 Å². The lowest BCUT2D eigenvalue weighted by atomic mass is 10.1. The van der Waals surface area contributed by atoms with E-state index in [0.29, 0.717) is 17.6 Å². The van der Waals surface area contributed by atoms with Crippen molar-refractivity contribution in [1.29, 1.82) is 0 Å². The van der Waals surface area contributed by atoms with Gasteiger partial charge in [-0.05, 0) is 49.2 Å². The fourth-order valence-corrected chi connectivity index (χ4v) is 3.28. The van der Waals surface area contributed by atoms with Crippen LogP contribution in [-0.4, -0.2) is 30.9 Å². The molecule has 8 heteroatoms. The Morgan fingerprint density at radius 1 is 1.10 bits per heavy atom. The maximum absolute atomic E-state index is 13.5. The molecule has 4 aromatic rings. The van der Waals surface area contributed by atoms with Gasteiger partial charge in [0.2, 0.25) is 0 Å². The molecule has 0 aliphatic carbocycles. The lowest BCUT2D eigenvalue weighted by molar-refractivity contribution is 0.494. The van der Waals surface area contributed by atoms with Gasteiger partial charge in [0.05, 0.1) is 6.04 Å². The third kappa shape index (κ3) is 4.18. The lowest BCUT2D eigenvalue weighted by Gasteiger charge is -2.20. The minimum absolute atomic E-state index is 0.268. The van der Waals surface area contributed by atoms with Gasteiger partial charge in [0.1, 0.15) is 11.3 Å². The molecule has 0 radical (unpaired) electrons. The lowest BCUT2D eigenvalue weighted by Crippen LogP contribution is -2.28. The van der Waals surface area contributed by atoms with Crippen LogP contribution in [0, 0.1) is 18.7 Å².